The minimum Gasteiger partial charge on any atom is -0.496 e. The number of aliphatic hydroxyl groups is 1. The molecule has 0 radical (unpaired) electrons. The number of rotatable bonds is 3. The zero-order valence-electron chi connectivity index (χ0n) is 10.0. The monoisotopic (exact) mass is 284 g/mol. The molecular formula is C14H11ClF2O2. The minimum absolute atomic E-state index is 0.00769. The average Bonchev–Trinajstić information content (AvgIpc) is 2.38. The maximum absolute atomic E-state index is 13.7. The van der Waals surface area contributed by atoms with E-state index >= 15 is 0 Å². The molecule has 0 aliphatic rings. The molecule has 1 N–H and O–H groups in total. The number of ether oxygens (including phenoxy) is 1. The quantitative estimate of drug-likeness (QED) is 0.931. The van der Waals surface area contributed by atoms with E-state index in [0.29, 0.717) is 0 Å². The number of aliphatic hydroxyl groups excluding tert-OH is 1. The largest absolute Gasteiger partial charge is 0.496 e. The average molecular weight is 285 g/mol. The summed E-state index contributed by atoms with van der Waals surface area (Å²) in [6.45, 7) is 0. The maximum atomic E-state index is 13.7. The molecule has 0 heterocycles. The summed E-state index contributed by atoms with van der Waals surface area (Å²) < 4.78 is 32.0. The van der Waals surface area contributed by atoms with Gasteiger partial charge in [-0.05, 0) is 30.3 Å². The third kappa shape index (κ3) is 2.85. The highest BCUT2D eigenvalue weighted by atomic mass is 35.5. The van der Waals surface area contributed by atoms with Crippen LogP contribution < -0.4 is 4.74 Å². The van der Waals surface area contributed by atoms with Crippen molar-refractivity contribution in [3.05, 3.63) is 64.2 Å². The van der Waals surface area contributed by atoms with Crippen molar-refractivity contribution in [3.8, 4) is 5.75 Å². The number of methoxy groups -OCH3 is 1. The van der Waals surface area contributed by atoms with Crippen LogP contribution in [0.25, 0.3) is 0 Å². The Balaban J connectivity index is 2.49. The summed E-state index contributed by atoms with van der Waals surface area (Å²) in [5.41, 5.74) is 0.164. The smallest absolute Gasteiger partial charge is 0.130 e. The van der Waals surface area contributed by atoms with Crippen LogP contribution in [-0.2, 0) is 0 Å². The van der Waals surface area contributed by atoms with E-state index in [4.69, 9.17) is 16.3 Å². The van der Waals surface area contributed by atoms with Crippen LogP contribution in [0.1, 0.15) is 17.2 Å². The van der Waals surface area contributed by atoms with Gasteiger partial charge in [0.15, 0.2) is 0 Å². The van der Waals surface area contributed by atoms with Gasteiger partial charge >= 0.3 is 0 Å². The van der Waals surface area contributed by atoms with Crippen LogP contribution in [0.2, 0.25) is 5.02 Å². The van der Waals surface area contributed by atoms with Gasteiger partial charge in [0, 0.05) is 16.1 Å². The van der Waals surface area contributed by atoms with Gasteiger partial charge in [-0.15, -0.1) is 0 Å². The lowest BCUT2D eigenvalue weighted by Crippen LogP contribution is -2.05. The first-order valence-corrected chi connectivity index (χ1v) is 5.87. The van der Waals surface area contributed by atoms with E-state index in [-0.39, 0.29) is 21.9 Å². The van der Waals surface area contributed by atoms with Crippen molar-refractivity contribution in [2.75, 3.05) is 7.11 Å². The summed E-state index contributed by atoms with van der Waals surface area (Å²) in [6.07, 6.45) is -1.33. The second kappa shape index (κ2) is 5.55. The molecule has 1 unspecified atom stereocenters. The molecule has 2 aromatic carbocycles. The second-order valence-electron chi connectivity index (χ2n) is 3.95. The standard InChI is InChI=1S/C14H11ClF2O2/c1-19-13-5-3-9(16)7-11(13)14(18)10-4-2-8(15)6-12(10)17/h2-7,14,18H,1H3. The Hall–Kier alpha value is -1.65. The summed E-state index contributed by atoms with van der Waals surface area (Å²) >= 11 is 5.65. The van der Waals surface area contributed by atoms with Crippen LogP contribution in [0.4, 0.5) is 8.78 Å². The number of benzene rings is 2. The third-order valence-electron chi connectivity index (χ3n) is 2.74. The van der Waals surface area contributed by atoms with Crippen molar-refractivity contribution in [1.82, 2.24) is 0 Å². The predicted molar refractivity (Wildman–Crippen MR) is 68.4 cm³/mol. The van der Waals surface area contributed by atoms with E-state index in [1.165, 1.54) is 31.4 Å². The van der Waals surface area contributed by atoms with Crippen molar-refractivity contribution in [2.45, 2.75) is 6.10 Å². The van der Waals surface area contributed by atoms with Crippen molar-refractivity contribution in [2.24, 2.45) is 0 Å². The molecule has 2 aromatic rings. The van der Waals surface area contributed by atoms with Crippen molar-refractivity contribution >= 4 is 11.6 Å². The molecule has 0 bridgehead atoms. The predicted octanol–water partition coefficient (Wildman–Crippen LogP) is 3.71. The van der Waals surface area contributed by atoms with E-state index in [2.05, 4.69) is 0 Å². The fourth-order valence-corrected chi connectivity index (χ4v) is 1.97. The number of halogens is 3. The molecule has 0 amide bonds. The molecule has 0 aliphatic heterocycles. The highest BCUT2D eigenvalue weighted by molar-refractivity contribution is 6.30. The molecule has 100 valence electrons. The van der Waals surface area contributed by atoms with Crippen molar-refractivity contribution in [1.29, 1.82) is 0 Å². The molecule has 2 rings (SSSR count). The van der Waals surface area contributed by atoms with Gasteiger partial charge in [0.05, 0.1) is 7.11 Å². The molecule has 0 aromatic heterocycles. The lowest BCUT2D eigenvalue weighted by atomic mass is 10.00. The van der Waals surface area contributed by atoms with E-state index in [1.807, 2.05) is 0 Å². The Morgan fingerprint density at radius 2 is 1.84 bits per heavy atom. The van der Waals surface area contributed by atoms with Crippen LogP contribution >= 0.6 is 11.6 Å². The highest BCUT2D eigenvalue weighted by Crippen LogP contribution is 2.32. The number of hydrogen-bond donors (Lipinski definition) is 1. The van der Waals surface area contributed by atoms with Gasteiger partial charge in [0.2, 0.25) is 0 Å². The molecule has 0 saturated heterocycles. The second-order valence-corrected chi connectivity index (χ2v) is 4.39. The summed E-state index contributed by atoms with van der Waals surface area (Å²) in [4.78, 5) is 0. The van der Waals surface area contributed by atoms with Gasteiger partial charge in [-0.2, -0.15) is 0 Å². The molecule has 0 aliphatic carbocycles. The lowest BCUT2D eigenvalue weighted by molar-refractivity contribution is 0.209. The summed E-state index contributed by atoms with van der Waals surface area (Å²) in [5.74, 6) is -0.918. The van der Waals surface area contributed by atoms with Gasteiger partial charge in [-0.25, -0.2) is 8.78 Å². The normalized spacial score (nSPS) is 12.3. The molecule has 19 heavy (non-hydrogen) atoms. The van der Waals surface area contributed by atoms with E-state index < -0.39 is 17.7 Å². The maximum Gasteiger partial charge on any atom is 0.130 e. The Kier molecular flexibility index (Phi) is 4.02. The Morgan fingerprint density at radius 1 is 1.11 bits per heavy atom. The van der Waals surface area contributed by atoms with Crippen molar-refractivity contribution in [3.63, 3.8) is 0 Å². The van der Waals surface area contributed by atoms with E-state index in [0.717, 1.165) is 12.1 Å². The van der Waals surface area contributed by atoms with E-state index in [1.54, 1.807) is 0 Å². The SMILES string of the molecule is COc1ccc(F)cc1C(O)c1ccc(Cl)cc1F. The first-order chi connectivity index (χ1) is 9.02. The van der Waals surface area contributed by atoms with Crippen LogP contribution in [0.15, 0.2) is 36.4 Å². The van der Waals surface area contributed by atoms with Crippen LogP contribution in [0.5, 0.6) is 5.75 Å². The van der Waals surface area contributed by atoms with Gasteiger partial charge in [0.25, 0.3) is 0 Å². The molecule has 0 saturated carbocycles. The lowest BCUT2D eigenvalue weighted by Gasteiger charge is -2.16. The fraction of sp³-hybridized carbons (Fsp3) is 0.143. The third-order valence-corrected chi connectivity index (χ3v) is 2.98. The number of hydrogen-bond acceptors (Lipinski definition) is 2. The van der Waals surface area contributed by atoms with Crippen LogP contribution in [0.3, 0.4) is 0 Å². The molecule has 0 spiro atoms. The molecule has 0 fully saturated rings. The Labute approximate surface area is 114 Å². The first-order valence-electron chi connectivity index (χ1n) is 5.49. The fourth-order valence-electron chi connectivity index (χ4n) is 1.81. The first kappa shape index (κ1) is 13.8. The topological polar surface area (TPSA) is 29.5 Å². The van der Waals surface area contributed by atoms with Gasteiger partial charge < -0.3 is 9.84 Å². The van der Waals surface area contributed by atoms with Gasteiger partial charge in [0.1, 0.15) is 23.5 Å². The van der Waals surface area contributed by atoms with Crippen molar-refractivity contribution < 1.29 is 18.6 Å². The Bertz CT molecular complexity index is 602. The summed E-state index contributed by atoms with van der Waals surface area (Å²) in [7, 11) is 1.39. The van der Waals surface area contributed by atoms with Crippen LogP contribution in [0, 0.1) is 11.6 Å². The molecule has 1 atom stereocenters. The molecule has 5 heteroatoms. The Morgan fingerprint density at radius 3 is 2.47 bits per heavy atom. The van der Waals surface area contributed by atoms with E-state index in [9.17, 15) is 13.9 Å². The zero-order chi connectivity index (χ0) is 14.0. The summed E-state index contributed by atoms with van der Waals surface area (Å²) in [5, 5.41) is 10.4. The van der Waals surface area contributed by atoms with Crippen LogP contribution in [-0.4, -0.2) is 12.2 Å². The molecule has 2 nitrogen and oxygen atoms in total. The van der Waals surface area contributed by atoms with Gasteiger partial charge in [-0.3, -0.25) is 0 Å². The summed E-state index contributed by atoms with van der Waals surface area (Å²) in [6, 6.07) is 7.58. The van der Waals surface area contributed by atoms with Gasteiger partial charge in [-0.1, -0.05) is 17.7 Å². The highest BCUT2D eigenvalue weighted by Gasteiger charge is 2.19. The zero-order valence-corrected chi connectivity index (χ0v) is 10.8. The molecular weight excluding hydrogens is 274 g/mol. The minimum atomic E-state index is -1.33.